The zero-order chi connectivity index (χ0) is 27.2. The van der Waals surface area contributed by atoms with Crippen LogP contribution in [0, 0.1) is 20.8 Å². The number of carbonyl (C=O) groups is 3. The number of nitrogens with one attached hydrogen (secondary N) is 2. The lowest BCUT2D eigenvalue weighted by atomic mass is 9.94. The number of benzene rings is 3. The van der Waals surface area contributed by atoms with Crippen LogP contribution in [0.15, 0.2) is 60.7 Å². The molecule has 1 fully saturated rings. The Bertz CT molecular complexity index is 1310. The van der Waals surface area contributed by atoms with E-state index in [1.54, 1.807) is 12.1 Å². The molecule has 1 aliphatic carbocycles. The molecule has 7 heteroatoms. The summed E-state index contributed by atoms with van der Waals surface area (Å²) in [5.41, 5.74) is 6.12. The van der Waals surface area contributed by atoms with Gasteiger partial charge in [-0.1, -0.05) is 73.4 Å². The van der Waals surface area contributed by atoms with Crippen molar-refractivity contribution in [1.82, 2.24) is 5.06 Å². The van der Waals surface area contributed by atoms with Gasteiger partial charge in [0.05, 0.1) is 17.3 Å². The standard InChI is InChI=1S/C31H35N3O4/c1-20-17-21(2)29(22(3)18-20)33-31(37)32-28-19-25(24-11-7-5-8-12-24)15-16-27(28)30(36)34(38-23(4)35)26-13-9-6-10-14-26/h5,7-8,11-12,15-19,26H,6,9-10,13-14H2,1-4H3,(H2,32,33,37). The van der Waals surface area contributed by atoms with Gasteiger partial charge < -0.3 is 15.5 Å². The fourth-order valence-corrected chi connectivity index (χ4v) is 5.14. The molecule has 0 aromatic heterocycles. The third-order valence-electron chi connectivity index (χ3n) is 6.85. The molecule has 4 rings (SSSR count). The van der Waals surface area contributed by atoms with Gasteiger partial charge in [-0.2, -0.15) is 5.06 Å². The number of amides is 3. The van der Waals surface area contributed by atoms with Gasteiger partial charge in [0.25, 0.3) is 5.91 Å². The Morgan fingerprint density at radius 2 is 1.47 bits per heavy atom. The lowest BCUT2D eigenvalue weighted by molar-refractivity contribution is -0.185. The highest BCUT2D eigenvalue weighted by atomic mass is 16.7. The Morgan fingerprint density at radius 1 is 0.816 bits per heavy atom. The normalized spacial score (nSPS) is 13.5. The number of anilines is 2. The van der Waals surface area contributed by atoms with E-state index in [0.717, 1.165) is 65.6 Å². The van der Waals surface area contributed by atoms with Crippen molar-refractivity contribution in [2.45, 2.75) is 65.8 Å². The quantitative estimate of drug-likeness (QED) is 0.354. The first-order valence-corrected chi connectivity index (χ1v) is 13.1. The number of rotatable bonds is 5. The molecule has 0 spiro atoms. The Hall–Kier alpha value is -4.13. The molecule has 38 heavy (non-hydrogen) atoms. The average Bonchev–Trinajstić information content (AvgIpc) is 2.90. The number of hydrogen-bond donors (Lipinski definition) is 2. The SMILES string of the molecule is CC(=O)ON(C(=O)c1ccc(-c2ccccc2)cc1NC(=O)Nc1c(C)cc(C)cc1C)C1CCCCC1. The molecule has 198 valence electrons. The number of carbonyl (C=O) groups excluding carboxylic acids is 3. The predicted octanol–water partition coefficient (Wildman–Crippen LogP) is 7.18. The molecular weight excluding hydrogens is 478 g/mol. The largest absolute Gasteiger partial charge is 0.338 e. The van der Waals surface area contributed by atoms with Crippen LogP contribution in [0.1, 0.15) is 66.1 Å². The van der Waals surface area contributed by atoms with Crippen LogP contribution in [-0.4, -0.2) is 29.0 Å². The smallest absolute Gasteiger partial charge is 0.329 e. The van der Waals surface area contributed by atoms with Crippen LogP contribution in [0.3, 0.4) is 0 Å². The molecule has 3 aromatic carbocycles. The molecule has 1 saturated carbocycles. The first-order chi connectivity index (χ1) is 18.2. The number of hydroxylamine groups is 2. The first-order valence-electron chi connectivity index (χ1n) is 13.1. The number of urea groups is 1. The maximum Gasteiger partial charge on any atom is 0.329 e. The van der Waals surface area contributed by atoms with E-state index in [4.69, 9.17) is 4.84 Å². The monoisotopic (exact) mass is 513 g/mol. The minimum atomic E-state index is -0.553. The molecule has 3 amide bonds. The Labute approximate surface area is 224 Å². The summed E-state index contributed by atoms with van der Waals surface area (Å²) < 4.78 is 0. The molecule has 0 bridgehead atoms. The van der Waals surface area contributed by atoms with E-state index in [2.05, 4.69) is 10.6 Å². The van der Waals surface area contributed by atoms with Crippen LogP contribution in [0.4, 0.5) is 16.2 Å². The van der Waals surface area contributed by atoms with Gasteiger partial charge in [0.1, 0.15) is 0 Å². The zero-order valence-electron chi connectivity index (χ0n) is 22.5. The van der Waals surface area contributed by atoms with Crippen LogP contribution in [0.25, 0.3) is 11.1 Å². The van der Waals surface area contributed by atoms with Gasteiger partial charge in [0.15, 0.2) is 0 Å². The Kier molecular flexibility index (Phi) is 8.46. The highest BCUT2D eigenvalue weighted by molar-refractivity contribution is 6.07. The molecule has 0 saturated heterocycles. The lowest BCUT2D eigenvalue weighted by Gasteiger charge is -2.32. The molecule has 2 N–H and O–H groups in total. The van der Waals surface area contributed by atoms with Crippen LogP contribution in [-0.2, 0) is 9.63 Å². The number of nitrogens with zero attached hydrogens (tertiary/aromatic N) is 1. The van der Waals surface area contributed by atoms with E-state index in [1.165, 1.54) is 12.0 Å². The van der Waals surface area contributed by atoms with Crippen molar-refractivity contribution in [3.63, 3.8) is 0 Å². The Balaban J connectivity index is 1.69. The summed E-state index contributed by atoms with van der Waals surface area (Å²) in [5.74, 6) is -1.01. The van der Waals surface area contributed by atoms with Crippen molar-refractivity contribution in [2.24, 2.45) is 0 Å². The lowest BCUT2D eigenvalue weighted by Crippen LogP contribution is -2.42. The summed E-state index contributed by atoms with van der Waals surface area (Å²) in [6.45, 7) is 7.20. The van der Waals surface area contributed by atoms with Gasteiger partial charge in [0.2, 0.25) is 0 Å². The van der Waals surface area contributed by atoms with E-state index in [1.807, 2.05) is 69.3 Å². The molecule has 3 aromatic rings. The zero-order valence-corrected chi connectivity index (χ0v) is 22.5. The average molecular weight is 514 g/mol. The van der Waals surface area contributed by atoms with Crippen molar-refractivity contribution < 1.29 is 19.2 Å². The molecule has 0 heterocycles. The van der Waals surface area contributed by atoms with Gasteiger partial charge in [-0.3, -0.25) is 9.59 Å². The second-order valence-electron chi connectivity index (χ2n) is 9.98. The fourth-order valence-electron chi connectivity index (χ4n) is 5.14. The predicted molar refractivity (Wildman–Crippen MR) is 150 cm³/mol. The van der Waals surface area contributed by atoms with Crippen LogP contribution >= 0.6 is 0 Å². The molecule has 1 aliphatic rings. The topological polar surface area (TPSA) is 87.7 Å². The highest BCUT2D eigenvalue weighted by Gasteiger charge is 2.31. The summed E-state index contributed by atoms with van der Waals surface area (Å²) in [6, 6.07) is 18.4. The van der Waals surface area contributed by atoms with Gasteiger partial charge in [-0.05, 0) is 68.0 Å². The molecule has 0 aliphatic heterocycles. The molecule has 0 radical (unpaired) electrons. The molecule has 7 nitrogen and oxygen atoms in total. The summed E-state index contributed by atoms with van der Waals surface area (Å²) >= 11 is 0. The first kappa shape index (κ1) is 26.9. The minimum Gasteiger partial charge on any atom is -0.338 e. The van der Waals surface area contributed by atoms with E-state index in [9.17, 15) is 14.4 Å². The van der Waals surface area contributed by atoms with Gasteiger partial charge in [-0.15, -0.1) is 0 Å². The number of aryl methyl sites for hydroxylation is 3. The fraction of sp³-hybridized carbons (Fsp3) is 0.323. The summed E-state index contributed by atoms with van der Waals surface area (Å²) in [7, 11) is 0. The second-order valence-corrected chi connectivity index (χ2v) is 9.98. The third-order valence-corrected chi connectivity index (χ3v) is 6.85. The minimum absolute atomic E-state index is 0.200. The summed E-state index contributed by atoms with van der Waals surface area (Å²) in [6.07, 6.45) is 4.54. The van der Waals surface area contributed by atoms with Crippen molar-refractivity contribution in [1.29, 1.82) is 0 Å². The summed E-state index contributed by atoms with van der Waals surface area (Å²) in [4.78, 5) is 44.4. The summed E-state index contributed by atoms with van der Waals surface area (Å²) in [5, 5.41) is 7.04. The van der Waals surface area contributed by atoms with Crippen LogP contribution in [0.2, 0.25) is 0 Å². The molecule has 0 atom stereocenters. The van der Waals surface area contributed by atoms with Crippen molar-refractivity contribution in [3.8, 4) is 11.1 Å². The van der Waals surface area contributed by atoms with Gasteiger partial charge in [0, 0.05) is 12.6 Å². The van der Waals surface area contributed by atoms with E-state index >= 15 is 0 Å². The highest BCUT2D eigenvalue weighted by Crippen LogP contribution is 2.30. The van der Waals surface area contributed by atoms with Crippen molar-refractivity contribution >= 4 is 29.3 Å². The Morgan fingerprint density at radius 3 is 2.11 bits per heavy atom. The molecular formula is C31H35N3O4. The van der Waals surface area contributed by atoms with E-state index in [0.29, 0.717) is 5.69 Å². The van der Waals surface area contributed by atoms with Crippen LogP contribution < -0.4 is 10.6 Å². The maximum absolute atomic E-state index is 13.8. The van der Waals surface area contributed by atoms with E-state index < -0.39 is 17.9 Å². The van der Waals surface area contributed by atoms with Crippen molar-refractivity contribution in [2.75, 3.05) is 10.6 Å². The second kappa shape index (κ2) is 11.9. The van der Waals surface area contributed by atoms with Gasteiger partial charge >= 0.3 is 12.0 Å². The van der Waals surface area contributed by atoms with E-state index in [-0.39, 0.29) is 11.6 Å². The maximum atomic E-state index is 13.8. The van der Waals surface area contributed by atoms with Gasteiger partial charge in [-0.25, -0.2) is 4.79 Å². The molecule has 0 unspecified atom stereocenters. The number of hydrogen-bond acceptors (Lipinski definition) is 4. The third kappa shape index (κ3) is 6.40. The van der Waals surface area contributed by atoms with Crippen LogP contribution in [0.5, 0.6) is 0 Å². The van der Waals surface area contributed by atoms with Crippen molar-refractivity contribution in [3.05, 3.63) is 82.9 Å².